The van der Waals surface area contributed by atoms with Crippen molar-refractivity contribution in [3.63, 3.8) is 0 Å². The van der Waals surface area contributed by atoms with Gasteiger partial charge in [0.2, 0.25) is 5.91 Å². The van der Waals surface area contributed by atoms with Crippen LogP contribution in [0.1, 0.15) is 0 Å². The molecule has 0 fully saturated rings. The van der Waals surface area contributed by atoms with Gasteiger partial charge in [-0.2, -0.15) is 5.10 Å². The highest BCUT2D eigenvalue weighted by Crippen LogP contribution is 2.31. The molecule has 3 aromatic carbocycles. The molecular weight excluding hydrogens is 388 g/mol. The van der Waals surface area contributed by atoms with Crippen molar-refractivity contribution in [2.45, 2.75) is 6.54 Å². The summed E-state index contributed by atoms with van der Waals surface area (Å²) in [5, 5.41) is 9.63. The van der Waals surface area contributed by atoms with E-state index >= 15 is 0 Å². The fourth-order valence-corrected chi connectivity index (χ4v) is 3.74. The molecule has 1 amide bonds. The molecule has 0 unspecified atom stereocenters. The van der Waals surface area contributed by atoms with E-state index in [1.54, 1.807) is 11.8 Å². The molecule has 0 saturated heterocycles. The molecule has 6 nitrogen and oxygen atoms in total. The number of nitrogens with one attached hydrogen (secondary N) is 1. The molecule has 0 aliphatic rings. The lowest BCUT2D eigenvalue weighted by Crippen LogP contribution is -2.19. The van der Waals surface area contributed by atoms with Crippen LogP contribution >= 0.6 is 0 Å². The van der Waals surface area contributed by atoms with Gasteiger partial charge in [-0.25, -0.2) is 0 Å². The lowest BCUT2D eigenvalue weighted by atomic mass is 10.1. The first-order chi connectivity index (χ1) is 15.2. The first kappa shape index (κ1) is 18.8. The van der Waals surface area contributed by atoms with Crippen molar-refractivity contribution >= 4 is 33.4 Å². The Hall–Kier alpha value is -4.19. The monoisotopic (exact) mass is 408 g/mol. The molecule has 5 aromatic rings. The first-order valence-electron chi connectivity index (χ1n) is 9.96. The maximum atomic E-state index is 12.8. The zero-order valence-electron chi connectivity index (χ0n) is 16.9. The largest absolute Gasteiger partial charge is 0.497 e. The number of pyridine rings is 1. The summed E-state index contributed by atoms with van der Waals surface area (Å²) in [6.45, 7) is 0.0867. The minimum atomic E-state index is -0.157. The fourth-order valence-electron chi connectivity index (χ4n) is 3.74. The van der Waals surface area contributed by atoms with Gasteiger partial charge >= 0.3 is 0 Å². The number of carbonyl (C=O) groups is 1. The molecule has 152 valence electrons. The Kier molecular flexibility index (Phi) is 4.80. The maximum Gasteiger partial charge on any atom is 0.246 e. The minimum absolute atomic E-state index is 0.0867. The third-order valence-corrected chi connectivity index (χ3v) is 5.20. The van der Waals surface area contributed by atoms with E-state index in [0.717, 1.165) is 38.8 Å². The van der Waals surface area contributed by atoms with Crippen LogP contribution in [-0.2, 0) is 11.3 Å². The molecule has 0 aliphatic heterocycles. The van der Waals surface area contributed by atoms with E-state index in [1.807, 2.05) is 85.1 Å². The number of methoxy groups -OCH3 is 1. The normalized spacial score (nSPS) is 11.0. The van der Waals surface area contributed by atoms with Gasteiger partial charge in [-0.05, 0) is 30.3 Å². The van der Waals surface area contributed by atoms with E-state index in [-0.39, 0.29) is 12.5 Å². The molecule has 0 saturated carbocycles. The van der Waals surface area contributed by atoms with Gasteiger partial charge in [0.25, 0.3) is 0 Å². The molecule has 5 rings (SSSR count). The van der Waals surface area contributed by atoms with Crippen molar-refractivity contribution in [1.29, 1.82) is 0 Å². The van der Waals surface area contributed by atoms with Gasteiger partial charge in [0.15, 0.2) is 0 Å². The predicted octanol–water partition coefficient (Wildman–Crippen LogP) is 4.90. The first-order valence-corrected chi connectivity index (χ1v) is 9.96. The number of rotatable bonds is 5. The highest BCUT2D eigenvalue weighted by Gasteiger charge is 2.17. The SMILES string of the molecule is COc1ccc(NC(=O)Cn2nc(-c3ccccc3)c3cnc4ccccc4c32)cc1. The van der Waals surface area contributed by atoms with Crippen LogP contribution in [0.5, 0.6) is 5.75 Å². The Balaban J connectivity index is 1.56. The molecular formula is C25H20N4O2. The summed E-state index contributed by atoms with van der Waals surface area (Å²) in [4.78, 5) is 17.4. The lowest BCUT2D eigenvalue weighted by Gasteiger charge is -2.08. The second kappa shape index (κ2) is 7.91. The highest BCUT2D eigenvalue weighted by atomic mass is 16.5. The predicted molar refractivity (Wildman–Crippen MR) is 122 cm³/mol. The number of para-hydroxylation sites is 1. The summed E-state index contributed by atoms with van der Waals surface area (Å²) in [5.41, 5.74) is 4.27. The Bertz CT molecular complexity index is 1380. The second-order valence-corrected chi connectivity index (χ2v) is 7.19. The molecule has 1 N–H and O–H groups in total. The van der Waals surface area contributed by atoms with Gasteiger partial charge in [0, 0.05) is 28.2 Å². The Labute approximate surface area is 179 Å². The summed E-state index contributed by atoms with van der Waals surface area (Å²) < 4.78 is 6.94. The third kappa shape index (κ3) is 3.59. The number of benzene rings is 3. The molecule has 6 heteroatoms. The van der Waals surface area contributed by atoms with Crippen molar-refractivity contribution in [2.75, 3.05) is 12.4 Å². The average Bonchev–Trinajstić information content (AvgIpc) is 3.19. The zero-order valence-corrected chi connectivity index (χ0v) is 16.9. The molecule has 0 spiro atoms. The summed E-state index contributed by atoms with van der Waals surface area (Å²) in [6.07, 6.45) is 1.84. The molecule has 2 aromatic heterocycles. The summed E-state index contributed by atoms with van der Waals surface area (Å²) in [5.74, 6) is 0.581. The number of nitrogens with zero attached hydrogens (tertiary/aromatic N) is 3. The summed E-state index contributed by atoms with van der Waals surface area (Å²) >= 11 is 0. The van der Waals surface area contributed by atoms with Crippen LogP contribution in [0.3, 0.4) is 0 Å². The molecule has 2 heterocycles. The number of ether oxygens (including phenoxy) is 1. The number of hydrogen-bond donors (Lipinski definition) is 1. The van der Waals surface area contributed by atoms with E-state index in [9.17, 15) is 4.79 Å². The van der Waals surface area contributed by atoms with Crippen LogP contribution in [0.15, 0.2) is 85.1 Å². The van der Waals surface area contributed by atoms with E-state index in [0.29, 0.717) is 5.69 Å². The van der Waals surface area contributed by atoms with Crippen LogP contribution in [0.2, 0.25) is 0 Å². The maximum absolute atomic E-state index is 12.8. The lowest BCUT2D eigenvalue weighted by molar-refractivity contribution is -0.116. The van der Waals surface area contributed by atoms with Crippen LogP contribution in [0.25, 0.3) is 33.1 Å². The van der Waals surface area contributed by atoms with Gasteiger partial charge in [-0.3, -0.25) is 14.5 Å². The number of anilines is 1. The van der Waals surface area contributed by atoms with Crippen molar-refractivity contribution in [3.05, 3.63) is 85.1 Å². The van der Waals surface area contributed by atoms with Crippen molar-refractivity contribution in [2.24, 2.45) is 0 Å². The van der Waals surface area contributed by atoms with Crippen molar-refractivity contribution in [1.82, 2.24) is 14.8 Å². The van der Waals surface area contributed by atoms with Crippen LogP contribution in [0, 0.1) is 0 Å². The van der Waals surface area contributed by atoms with Crippen LogP contribution < -0.4 is 10.1 Å². The Morgan fingerprint density at radius 2 is 1.68 bits per heavy atom. The number of hydrogen-bond acceptors (Lipinski definition) is 4. The van der Waals surface area contributed by atoms with E-state index in [4.69, 9.17) is 9.84 Å². The summed E-state index contributed by atoms with van der Waals surface area (Å²) in [6, 6.07) is 25.1. The van der Waals surface area contributed by atoms with E-state index in [1.165, 1.54) is 0 Å². The van der Waals surface area contributed by atoms with Crippen molar-refractivity contribution in [3.8, 4) is 17.0 Å². The van der Waals surface area contributed by atoms with Gasteiger partial charge in [-0.1, -0.05) is 48.5 Å². The van der Waals surface area contributed by atoms with Gasteiger partial charge in [0.1, 0.15) is 18.0 Å². The number of amides is 1. The third-order valence-electron chi connectivity index (χ3n) is 5.20. The minimum Gasteiger partial charge on any atom is -0.497 e. The Morgan fingerprint density at radius 1 is 0.935 bits per heavy atom. The van der Waals surface area contributed by atoms with Crippen LogP contribution in [0.4, 0.5) is 5.69 Å². The van der Waals surface area contributed by atoms with Gasteiger partial charge in [-0.15, -0.1) is 0 Å². The Morgan fingerprint density at radius 3 is 2.45 bits per heavy atom. The quantitative estimate of drug-likeness (QED) is 0.449. The molecule has 0 atom stereocenters. The molecule has 0 radical (unpaired) electrons. The standard InChI is InChI=1S/C25H20N4O2/c1-31-19-13-11-18(12-14-19)27-23(30)16-29-25-20-9-5-6-10-22(20)26-15-21(25)24(28-29)17-7-3-2-4-8-17/h2-15H,16H2,1H3,(H,27,30). The van der Waals surface area contributed by atoms with E-state index in [2.05, 4.69) is 10.3 Å². The highest BCUT2D eigenvalue weighted by molar-refractivity contribution is 6.08. The zero-order chi connectivity index (χ0) is 21.2. The second-order valence-electron chi connectivity index (χ2n) is 7.19. The van der Waals surface area contributed by atoms with Gasteiger partial charge in [0.05, 0.1) is 18.1 Å². The summed E-state index contributed by atoms with van der Waals surface area (Å²) in [7, 11) is 1.61. The number of aromatic nitrogens is 3. The smallest absolute Gasteiger partial charge is 0.246 e. The number of fused-ring (bicyclic) bond motifs is 3. The van der Waals surface area contributed by atoms with E-state index < -0.39 is 0 Å². The molecule has 31 heavy (non-hydrogen) atoms. The topological polar surface area (TPSA) is 69.0 Å². The van der Waals surface area contributed by atoms with Gasteiger partial charge < -0.3 is 10.1 Å². The molecule has 0 aliphatic carbocycles. The molecule has 0 bridgehead atoms. The van der Waals surface area contributed by atoms with Crippen LogP contribution in [-0.4, -0.2) is 27.8 Å². The van der Waals surface area contributed by atoms with Crippen molar-refractivity contribution < 1.29 is 9.53 Å². The number of carbonyl (C=O) groups excluding carboxylic acids is 1. The fraction of sp³-hybridized carbons (Fsp3) is 0.0800. The average molecular weight is 408 g/mol.